The summed E-state index contributed by atoms with van der Waals surface area (Å²) in [6.45, 7) is 0. The monoisotopic (exact) mass is 273 g/mol. The van der Waals surface area contributed by atoms with Gasteiger partial charge in [0.2, 0.25) is 5.92 Å². The smallest absolute Gasteiger partial charge is 0.251 e. The summed E-state index contributed by atoms with van der Waals surface area (Å²) in [5.41, 5.74) is 4.75. The predicted octanol–water partition coefficient (Wildman–Crippen LogP) is 2.88. The van der Waals surface area contributed by atoms with E-state index in [2.05, 4.69) is 0 Å². The molecule has 0 heterocycles. The third kappa shape index (κ3) is 3.19. The first kappa shape index (κ1) is 13.7. The van der Waals surface area contributed by atoms with E-state index in [0.29, 0.717) is 0 Å². The molecule has 104 valence electrons. The SMILES string of the molecule is NC(=O)c1cccc(OC2CCC(F)(F)CC2)c1F. The maximum absolute atomic E-state index is 13.9. The topological polar surface area (TPSA) is 52.3 Å². The summed E-state index contributed by atoms with van der Waals surface area (Å²) < 4.78 is 45.2. The van der Waals surface area contributed by atoms with Gasteiger partial charge in [0, 0.05) is 12.8 Å². The molecule has 1 saturated carbocycles. The van der Waals surface area contributed by atoms with Crippen molar-refractivity contribution in [3.05, 3.63) is 29.6 Å². The molecular formula is C13H14F3NO2. The fourth-order valence-corrected chi connectivity index (χ4v) is 2.10. The summed E-state index contributed by atoms with van der Waals surface area (Å²) >= 11 is 0. The lowest BCUT2D eigenvalue weighted by atomic mass is 9.94. The Morgan fingerprint density at radius 1 is 1.32 bits per heavy atom. The van der Waals surface area contributed by atoms with Crippen molar-refractivity contribution in [3.8, 4) is 5.75 Å². The first-order valence-electron chi connectivity index (χ1n) is 6.02. The number of benzene rings is 1. The van der Waals surface area contributed by atoms with E-state index >= 15 is 0 Å². The van der Waals surface area contributed by atoms with Gasteiger partial charge >= 0.3 is 0 Å². The Bertz CT molecular complexity index is 481. The first-order chi connectivity index (χ1) is 8.89. The van der Waals surface area contributed by atoms with Crippen LogP contribution in [0.1, 0.15) is 36.0 Å². The number of halogens is 3. The van der Waals surface area contributed by atoms with Gasteiger partial charge in [-0.25, -0.2) is 13.2 Å². The van der Waals surface area contributed by atoms with Crippen molar-refractivity contribution in [1.82, 2.24) is 0 Å². The van der Waals surface area contributed by atoms with Crippen LogP contribution in [0.15, 0.2) is 18.2 Å². The zero-order valence-corrected chi connectivity index (χ0v) is 10.2. The summed E-state index contributed by atoms with van der Waals surface area (Å²) in [5.74, 6) is -4.51. The quantitative estimate of drug-likeness (QED) is 0.920. The van der Waals surface area contributed by atoms with Crippen molar-refractivity contribution < 1.29 is 22.7 Å². The van der Waals surface area contributed by atoms with Crippen molar-refractivity contribution in [1.29, 1.82) is 0 Å². The average molecular weight is 273 g/mol. The second kappa shape index (κ2) is 5.11. The van der Waals surface area contributed by atoms with Crippen LogP contribution in [-0.4, -0.2) is 17.9 Å². The summed E-state index contributed by atoms with van der Waals surface area (Å²) in [7, 11) is 0. The van der Waals surface area contributed by atoms with Crippen molar-refractivity contribution in [2.24, 2.45) is 5.73 Å². The summed E-state index contributed by atoms with van der Waals surface area (Å²) in [6.07, 6.45) is -0.679. The van der Waals surface area contributed by atoms with Gasteiger partial charge < -0.3 is 10.5 Å². The van der Waals surface area contributed by atoms with Crippen LogP contribution in [0.3, 0.4) is 0 Å². The molecule has 19 heavy (non-hydrogen) atoms. The average Bonchev–Trinajstić information content (AvgIpc) is 2.34. The Balaban J connectivity index is 2.08. The standard InChI is InChI=1S/C13H14F3NO2/c14-11-9(12(17)18)2-1-3-10(11)19-8-4-6-13(15,16)7-5-8/h1-3,8H,4-7H2,(H2,17,18). The van der Waals surface area contributed by atoms with Crippen molar-refractivity contribution in [2.45, 2.75) is 37.7 Å². The van der Waals surface area contributed by atoms with Crippen LogP contribution in [0.5, 0.6) is 5.75 Å². The van der Waals surface area contributed by atoms with Gasteiger partial charge in [0.25, 0.3) is 5.91 Å². The van der Waals surface area contributed by atoms with E-state index in [1.54, 1.807) is 0 Å². The maximum Gasteiger partial charge on any atom is 0.251 e. The molecule has 6 heteroatoms. The van der Waals surface area contributed by atoms with Gasteiger partial charge in [-0.05, 0) is 25.0 Å². The lowest BCUT2D eigenvalue weighted by Gasteiger charge is -2.28. The third-order valence-corrected chi connectivity index (χ3v) is 3.19. The van der Waals surface area contributed by atoms with Gasteiger partial charge in [0.15, 0.2) is 11.6 Å². The minimum atomic E-state index is -2.66. The zero-order valence-electron chi connectivity index (χ0n) is 10.2. The number of nitrogens with two attached hydrogens (primary N) is 1. The van der Waals surface area contributed by atoms with Crippen LogP contribution in [0, 0.1) is 5.82 Å². The molecule has 0 atom stereocenters. The Morgan fingerprint density at radius 2 is 1.95 bits per heavy atom. The summed E-state index contributed by atoms with van der Waals surface area (Å²) in [5, 5.41) is 0. The van der Waals surface area contributed by atoms with Crippen LogP contribution in [0.2, 0.25) is 0 Å². The lowest BCUT2D eigenvalue weighted by Crippen LogP contribution is -2.31. The Kier molecular flexibility index (Phi) is 3.68. The van der Waals surface area contributed by atoms with E-state index in [0.717, 1.165) is 0 Å². The van der Waals surface area contributed by atoms with Crippen LogP contribution >= 0.6 is 0 Å². The molecule has 0 aromatic heterocycles. The highest BCUT2D eigenvalue weighted by molar-refractivity contribution is 5.93. The Hall–Kier alpha value is -1.72. The number of primary amides is 1. The molecule has 2 rings (SSSR count). The maximum atomic E-state index is 13.9. The molecule has 1 aromatic carbocycles. The number of hydrogen-bond acceptors (Lipinski definition) is 2. The molecule has 1 aromatic rings. The molecule has 0 radical (unpaired) electrons. The lowest BCUT2D eigenvalue weighted by molar-refractivity contribution is -0.0586. The molecule has 0 bridgehead atoms. The second-order valence-electron chi connectivity index (χ2n) is 4.66. The highest BCUT2D eigenvalue weighted by atomic mass is 19.3. The van der Waals surface area contributed by atoms with E-state index in [4.69, 9.17) is 10.5 Å². The number of amides is 1. The number of hydrogen-bond donors (Lipinski definition) is 1. The number of rotatable bonds is 3. The molecule has 0 saturated heterocycles. The molecule has 1 aliphatic rings. The molecule has 0 spiro atoms. The van der Waals surface area contributed by atoms with Gasteiger partial charge in [0.05, 0.1) is 11.7 Å². The van der Waals surface area contributed by atoms with Gasteiger partial charge in [-0.15, -0.1) is 0 Å². The van der Waals surface area contributed by atoms with Crippen LogP contribution in [0.4, 0.5) is 13.2 Å². The largest absolute Gasteiger partial charge is 0.487 e. The molecule has 2 N–H and O–H groups in total. The minimum Gasteiger partial charge on any atom is -0.487 e. The molecular weight excluding hydrogens is 259 g/mol. The van der Waals surface area contributed by atoms with Crippen molar-refractivity contribution in [2.75, 3.05) is 0 Å². The van der Waals surface area contributed by atoms with Gasteiger partial charge in [-0.1, -0.05) is 6.07 Å². The van der Waals surface area contributed by atoms with Crippen molar-refractivity contribution >= 4 is 5.91 Å². The fraction of sp³-hybridized carbons (Fsp3) is 0.462. The van der Waals surface area contributed by atoms with Crippen molar-refractivity contribution in [3.63, 3.8) is 0 Å². The van der Waals surface area contributed by atoms with Gasteiger partial charge in [-0.3, -0.25) is 4.79 Å². The van der Waals surface area contributed by atoms with Gasteiger partial charge in [-0.2, -0.15) is 0 Å². The van der Waals surface area contributed by atoms with E-state index in [9.17, 15) is 18.0 Å². The molecule has 1 aliphatic carbocycles. The van der Waals surface area contributed by atoms with E-state index < -0.39 is 23.8 Å². The number of carbonyl (C=O) groups is 1. The summed E-state index contributed by atoms with van der Waals surface area (Å²) in [6, 6.07) is 4.05. The van der Waals surface area contributed by atoms with E-state index in [-0.39, 0.29) is 37.0 Å². The normalized spacial score (nSPS) is 19.1. The summed E-state index contributed by atoms with van der Waals surface area (Å²) in [4.78, 5) is 11.0. The number of alkyl halides is 2. The Labute approximate surface area is 108 Å². The van der Waals surface area contributed by atoms with Crippen LogP contribution < -0.4 is 10.5 Å². The predicted molar refractivity (Wildman–Crippen MR) is 62.7 cm³/mol. The molecule has 0 unspecified atom stereocenters. The number of ether oxygens (including phenoxy) is 1. The molecule has 1 amide bonds. The minimum absolute atomic E-state index is 0.119. The van der Waals surface area contributed by atoms with E-state index in [1.807, 2.05) is 0 Å². The second-order valence-corrected chi connectivity index (χ2v) is 4.66. The number of carbonyl (C=O) groups excluding carboxylic acids is 1. The highest BCUT2D eigenvalue weighted by Crippen LogP contribution is 2.35. The van der Waals surface area contributed by atoms with Gasteiger partial charge in [0.1, 0.15) is 0 Å². The Morgan fingerprint density at radius 3 is 2.53 bits per heavy atom. The van der Waals surface area contributed by atoms with Crippen LogP contribution in [0.25, 0.3) is 0 Å². The first-order valence-corrected chi connectivity index (χ1v) is 6.02. The third-order valence-electron chi connectivity index (χ3n) is 3.19. The van der Waals surface area contributed by atoms with E-state index in [1.165, 1.54) is 18.2 Å². The highest BCUT2D eigenvalue weighted by Gasteiger charge is 2.36. The van der Waals surface area contributed by atoms with Crippen LogP contribution in [-0.2, 0) is 0 Å². The molecule has 0 aliphatic heterocycles. The zero-order chi connectivity index (χ0) is 14.0. The fourth-order valence-electron chi connectivity index (χ4n) is 2.10. The molecule has 1 fully saturated rings. The molecule has 3 nitrogen and oxygen atoms in total.